The number of tetrazole rings is 1. The molecule has 26 heavy (non-hydrogen) atoms. The zero-order chi connectivity index (χ0) is 17.6. The Hall–Kier alpha value is -2.25. The third-order valence-corrected chi connectivity index (χ3v) is 6.63. The van der Waals surface area contributed by atoms with Crippen LogP contribution in [0, 0.1) is 11.8 Å². The lowest BCUT2D eigenvalue weighted by Gasteiger charge is -2.61. The van der Waals surface area contributed by atoms with Crippen LogP contribution in [-0.2, 0) is 16.8 Å². The molecule has 2 aromatic rings. The van der Waals surface area contributed by atoms with Crippen molar-refractivity contribution in [2.45, 2.75) is 68.9 Å². The molecule has 0 spiro atoms. The number of carbonyl (C=O) groups excluding carboxylic acids is 1. The van der Waals surface area contributed by atoms with Gasteiger partial charge in [0.2, 0.25) is 5.91 Å². The number of rotatable bonds is 6. The van der Waals surface area contributed by atoms with Crippen molar-refractivity contribution in [1.82, 2.24) is 35.7 Å². The summed E-state index contributed by atoms with van der Waals surface area (Å²) in [6.07, 6.45) is 14.2. The summed E-state index contributed by atoms with van der Waals surface area (Å²) in [5, 5.41) is 22.7. The van der Waals surface area contributed by atoms with Crippen molar-refractivity contribution < 1.29 is 4.79 Å². The first-order chi connectivity index (χ1) is 12.6. The SMILES string of the molecule is O=C(CCCc1cn[nH]c1)NC12CC3CC(C1)CC(n1ncnn1)(C3)C2. The Morgan fingerprint density at radius 3 is 2.85 bits per heavy atom. The van der Waals surface area contributed by atoms with Gasteiger partial charge in [-0.1, -0.05) is 0 Å². The van der Waals surface area contributed by atoms with Crippen LogP contribution in [0.2, 0.25) is 0 Å². The van der Waals surface area contributed by atoms with Gasteiger partial charge in [0.05, 0.1) is 11.7 Å². The first-order valence-corrected chi connectivity index (χ1v) is 9.67. The normalized spacial score (nSPS) is 34.9. The topological polar surface area (TPSA) is 101 Å². The summed E-state index contributed by atoms with van der Waals surface area (Å²) in [5.41, 5.74) is 1.03. The lowest BCUT2D eigenvalue weighted by atomic mass is 9.50. The van der Waals surface area contributed by atoms with E-state index in [0.717, 1.165) is 50.5 Å². The van der Waals surface area contributed by atoms with Crippen molar-refractivity contribution in [2.75, 3.05) is 0 Å². The number of H-pyrrole nitrogens is 1. The van der Waals surface area contributed by atoms with Crippen LogP contribution in [-0.4, -0.2) is 41.9 Å². The predicted molar refractivity (Wildman–Crippen MR) is 92.9 cm³/mol. The van der Waals surface area contributed by atoms with Gasteiger partial charge in [0.1, 0.15) is 0 Å². The van der Waals surface area contributed by atoms with Gasteiger partial charge in [-0.2, -0.15) is 9.90 Å². The highest BCUT2D eigenvalue weighted by molar-refractivity contribution is 5.77. The molecule has 4 saturated carbocycles. The number of hydrogen-bond acceptors (Lipinski definition) is 5. The Labute approximate surface area is 152 Å². The van der Waals surface area contributed by atoms with Gasteiger partial charge in [-0.15, -0.1) is 10.2 Å². The molecule has 4 bridgehead atoms. The molecular weight excluding hydrogens is 330 g/mol. The highest BCUT2D eigenvalue weighted by Crippen LogP contribution is 2.60. The summed E-state index contributed by atoms with van der Waals surface area (Å²) in [6.45, 7) is 0. The van der Waals surface area contributed by atoms with Gasteiger partial charge in [-0.3, -0.25) is 9.89 Å². The van der Waals surface area contributed by atoms with Crippen LogP contribution in [0.25, 0.3) is 0 Å². The second-order valence-corrected chi connectivity index (χ2v) is 8.70. The highest BCUT2D eigenvalue weighted by Gasteiger charge is 2.60. The van der Waals surface area contributed by atoms with E-state index in [9.17, 15) is 4.79 Å². The summed E-state index contributed by atoms with van der Waals surface area (Å²) >= 11 is 0. The number of nitrogens with zero attached hydrogens (tertiary/aromatic N) is 5. The summed E-state index contributed by atoms with van der Waals surface area (Å²) in [7, 11) is 0. The Morgan fingerprint density at radius 1 is 1.31 bits per heavy atom. The molecule has 2 unspecified atom stereocenters. The Kier molecular flexibility index (Phi) is 3.62. The maximum atomic E-state index is 12.7. The van der Waals surface area contributed by atoms with Gasteiger partial charge in [-0.25, -0.2) is 0 Å². The Morgan fingerprint density at radius 2 is 2.15 bits per heavy atom. The molecule has 6 rings (SSSR count). The quantitative estimate of drug-likeness (QED) is 0.819. The van der Waals surface area contributed by atoms with Crippen molar-refractivity contribution in [3.63, 3.8) is 0 Å². The zero-order valence-corrected chi connectivity index (χ0v) is 14.9. The van der Waals surface area contributed by atoms with Gasteiger partial charge < -0.3 is 5.32 Å². The number of amides is 1. The van der Waals surface area contributed by atoms with Crippen LogP contribution in [0.4, 0.5) is 0 Å². The summed E-state index contributed by atoms with van der Waals surface area (Å²) in [5.74, 6) is 1.50. The molecule has 0 aromatic carbocycles. The second-order valence-electron chi connectivity index (χ2n) is 8.70. The number of nitrogens with one attached hydrogen (secondary N) is 2. The predicted octanol–water partition coefficient (Wildman–Crippen LogP) is 1.58. The lowest BCUT2D eigenvalue weighted by Crippen LogP contribution is -2.66. The van der Waals surface area contributed by atoms with Crippen molar-refractivity contribution in [3.05, 3.63) is 24.3 Å². The largest absolute Gasteiger partial charge is 0.351 e. The lowest BCUT2D eigenvalue weighted by molar-refractivity contribution is -0.131. The van der Waals surface area contributed by atoms with Gasteiger partial charge in [0.15, 0.2) is 6.33 Å². The van der Waals surface area contributed by atoms with E-state index in [4.69, 9.17) is 0 Å². The van der Waals surface area contributed by atoms with Crippen molar-refractivity contribution in [1.29, 1.82) is 0 Å². The van der Waals surface area contributed by atoms with Gasteiger partial charge in [-0.05, 0) is 74.0 Å². The smallest absolute Gasteiger partial charge is 0.220 e. The molecule has 1 amide bonds. The highest BCUT2D eigenvalue weighted by atomic mass is 16.1. The van der Waals surface area contributed by atoms with E-state index in [2.05, 4.69) is 30.9 Å². The first kappa shape index (κ1) is 16.0. The molecule has 2 aromatic heterocycles. The monoisotopic (exact) mass is 355 g/mol. The second kappa shape index (κ2) is 5.89. The Balaban J connectivity index is 1.27. The molecule has 2 N–H and O–H groups in total. The zero-order valence-electron chi connectivity index (χ0n) is 14.9. The van der Waals surface area contributed by atoms with E-state index in [1.54, 1.807) is 0 Å². The van der Waals surface area contributed by atoms with Crippen LogP contribution in [0.1, 0.15) is 56.9 Å². The molecule has 8 heteroatoms. The van der Waals surface area contributed by atoms with Crippen molar-refractivity contribution in [2.24, 2.45) is 11.8 Å². The Bertz CT molecular complexity index is 756. The number of aromatic nitrogens is 6. The average Bonchev–Trinajstić information content (AvgIpc) is 3.27. The molecule has 2 atom stereocenters. The fourth-order valence-corrected chi connectivity index (χ4v) is 6.20. The fraction of sp³-hybridized carbons (Fsp3) is 0.722. The molecule has 0 aliphatic heterocycles. The molecule has 2 heterocycles. The molecule has 4 aliphatic carbocycles. The van der Waals surface area contributed by atoms with E-state index in [-0.39, 0.29) is 17.0 Å². The molecular formula is C18H25N7O. The first-order valence-electron chi connectivity index (χ1n) is 9.67. The van der Waals surface area contributed by atoms with Crippen LogP contribution in [0.3, 0.4) is 0 Å². The van der Waals surface area contributed by atoms with Crippen LogP contribution in [0.15, 0.2) is 18.7 Å². The number of aryl methyl sites for hydroxylation is 1. The summed E-state index contributed by atoms with van der Waals surface area (Å²) in [6, 6.07) is 0. The molecule has 8 nitrogen and oxygen atoms in total. The minimum absolute atomic E-state index is 0.0509. The number of aromatic amines is 1. The van der Waals surface area contributed by atoms with Crippen LogP contribution >= 0.6 is 0 Å². The molecule has 4 aliphatic rings. The maximum Gasteiger partial charge on any atom is 0.220 e. The number of hydrogen-bond donors (Lipinski definition) is 2. The summed E-state index contributed by atoms with van der Waals surface area (Å²) in [4.78, 5) is 14.5. The van der Waals surface area contributed by atoms with Gasteiger partial charge >= 0.3 is 0 Å². The maximum absolute atomic E-state index is 12.7. The van der Waals surface area contributed by atoms with E-state index in [0.29, 0.717) is 18.3 Å². The molecule has 4 fully saturated rings. The van der Waals surface area contributed by atoms with Crippen molar-refractivity contribution in [3.8, 4) is 0 Å². The van der Waals surface area contributed by atoms with E-state index < -0.39 is 0 Å². The van der Waals surface area contributed by atoms with Gasteiger partial charge in [0, 0.05) is 18.2 Å². The standard InChI is InChI=1S/C18H25N7O/c26-16(3-1-2-13-9-19-20-10-13)23-17-5-14-4-15(6-17)8-18(7-14,11-17)25-22-12-21-24-25/h9-10,12,14-15H,1-8,11H2,(H,19,20)(H,23,26). The molecule has 138 valence electrons. The van der Waals surface area contributed by atoms with Gasteiger partial charge in [0.25, 0.3) is 0 Å². The van der Waals surface area contributed by atoms with E-state index in [1.807, 2.05) is 17.2 Å². The van der Waals surface area contributed by atoms with E-state index >= 15 is 0 Å². The summed E-state index contributed by atoms with van der Waals surface area (Å²) < 4.78 is 0. The third kappa shape index (κ3) is 2.71. The van der Waals surface area contributed by atoms with Crippen molar-refractivity contribution >= 4 is 5.91 Å². The molecule has 0 saturated heterocycles. The molecule has 0 radical (unpaired) electrons. The minimum atomic E-state index is -0.0789. The van der Waals surface area contributed by atoms with E-state index in [1.165, 1.54) is 12.7 Å². The number of carbonyl (C=O) groups is 1. The van der Waals surface area contributed by atoms with Crippen LogP contribution < -0.4 is 5.32 Å². The minimum Gasteiger partial charge on any atom is -0.351 e. The van der Waals surface area contributed by atoms with Crippen LogP contribution in [0.5, 0.6) is 0 Å². The third-order valence-electron chi connectivity index (χ3n) is 6.63. The average molecular weight is 355 g/mol. The fourth-order valence-electron chi connectivity index (χ4n) is 6.20.